The quantitative estimate of drug-likeness (QED) is 0.718. The zero-order chi connectivity index (χ0) is 16.0. The van der Waals surface area contributed by atoms with Gasteiger partial charge < -0.3 is 10.1 Å². The van der Waals surface area contributed by atoms with Crippen LogP contribution in [0.4, 0.5) is 5.82 Å². The van der Waals surface area contributed by atoms with E-state index in [0.717, 1.165) is 45.1 Å². The Morgan fingerprint density at radius 3 is 2.87 bits per heavy atom. The molecule has 0 spiro atoms. The lowest BCUT2D eigenvalue weighted by Gasteiger charge is -2.11. The summed E-state index contributed by atoms with van der Waals surface area (Å²) in [6.07, 6.45) is 0.934. The highest BCUT2D eigenvalue weighted by molar-refractivity contribution is 7.19. The van der Waals surface area contributed by atoms with E-state index in [0.29, 0.717) is 5.02 Å². The molecule has 0 aliphatic carbocycles. The SMILES string of the molecule is COc1ccc(Cl)cc1-n1nc(-c2ccc(Cl)s2)c2c1NCC2. The van der Waals surface area contributed by atoms with Crippen molar-refractivity contribution in [1.29, 1.82) is 0 Å². The number of fused-ring (bicyclic) bond motifs is 1. The molecule has 0 atom stereocenters. The molecule has 1 aliphatic heterocycles. The molecule has 2 aromatic heterocycles. The Balaban J connectivity index is 1.93. The average molecular weight is 366 g/mol. The molecule has 3 aromatic rings. The number of nitrogens with zero attached hydrogens (tertiary/aromatic N) is 2. The van der Waals surface area contributed by atoms with Gasteiger partial charge in [0.15, 0.2) is 0 Å². The Morgan fingerprint density at radius 1 is 1.26 bits per heavy atom. The highest BCUT2D eigenvalue weighted by Gasteiger charge is 2.26. The summed E-state index contributed by atoms with van der Waals surface area (Å²) in [5.41, 5.74) is 2.98. The number of anilines is 1. The largest absolute Gasteiger partial charge is 0.494 e. The van der Waals surface area contributed by atoms with Gasteiger partial charge in [-0.3, -0.25) is 0 Å². The molecule has 0 saturated heterocycles. The van der Waals surface area contributed by atoms with Gasteiger partial charge in [-0.25, -0.2) is 4.68 Å². The van der Waals surface area contributed by atoms with Gasteiger partial charge in [-0.2, -0.15) is 5.10 Å². The topological polar surface area (TPSA) is 39.1 Å². The lowest BCUT2D eigenvalue weighted by molar-refractivity contribution is 0.412. The van der Waals surface area contributed by atoms with Crippen LogP contribution < -0.4 is 10.1 Å². The maximum Gasteiger partial charge on any atom is 0.144 e. The number of aromatic nitrogens is 2. The minimum absolute atomic E-state index is 0.642. The highest BCUT2D eigenvalue weighted by atomic mass is 35.5. The lowest BCUT2D eigenvalue weighted by atomic mass is 10.2. The van der Waals surface area contributed by atoms with Crippen LogP contribution in [0, 0.1) is 0 Å². The van der Waals surface area contributed by atoms with Gasteiger partial charge in [0, 0.05) is 17.1 Å². The third-order valence-electron chi connectivity index (χ3n) is 3.83. The molecule has 1 aromatic carbocycles. The van der Waals surface area contributed by atoms with Gasteiger partial charge in [0.2, 0.25) is 0 Å². The second kappa shape index (κ2) is 5.74. The van der Waals surface area contributed by atoms with Crippen LogP contribution in [0.3, 0.4) is 0 Å². The molecule has 0 amide bonds. The first-order valence-electron chi connectivity index (χ1n) is 7.13. The molecular weight excluding hydrogens is 353 g/mol. The summed E-state index contributed by atoms with van der Waals surface area (Å²) in [6, 6.07) is 9.42. The van der Waals surface area contributed by atoms with Gasteiger partial charge >= 0.3 is 0 Å². The molecule has 1 aliphatic rings. The summed E-state index contributed by atoms with van der Waals surface area (Å²) < 4.78 is 8.10. The Morgan fingerprint density at radius 2 is 2.13 bits per heavy atom. The molecule has 23 heavy (non-hydrogen) atoms. The van der Waals surface area contributed by atoms with Crippen LogP contribution in [0.5, 0.6) is 5.75 Å². The van der Waals surface area contributed by atoms with E-state index in [4.69, 9.17) is 33.0 Å². The van der Waals surface area contributed by atoms with Crippen LogP contribution in [0.1, 0.15) is 5.56 Å². The molecule has 118 valence electrons. The van der Waals surface area contributed by atoms with Crippen molar-refractivity contribution < 1.29 is 4.74 Å². The van der Waals surface area contributed by atoms with Gasteiger partial charge in [0.05, 0.1) is 16.3 Å². The monoisotopic (exact) mass is 365 g/mol. The van der Waals surface area contributed by atoms with Crippen molar-refractivity contribution in [2.75, 3.05) is 19.0 Å². The second-order valence-corrected chi connectivity index (χ2v) is 7.34. The Labute approximate surface area is 147 Å². The molecule has 4 nitrogen and oxygen atoms in total. The number of ether oxygens (including phenoxy) is 1. The Bertz CT molecular complexity index is 888. The van der Waals surface area contributed by atoms with Gasteiger partial charge in [0.1, 0.15) is 22.9 Å². The minimum Gasteiger partial charge on any atom is -0.494 e. The predicted octanol–water partition coefficient (Wildman–Crippen LogP) is 4.88. The number of hydrogen-bond acceptors (Lipinski definition) is 4. The van der Waals surface area contributed by atoms with Crippen molar-refractivity contribution in [3.05, 3.63) is 45.3 Å². The molecule has 0 unspecified atom stereocenters. The van der Waals surface area contributed by atoms with Crippen LogP contribution in [0.15, 0.2) is 30.3 Å². The second-order valence-electron chi connectivity index (χ2n) is 5.18. The number of halogens is 2. The molecule has 7 heteroatoms. The van der Waals surface area contributed by atoms with E-state index in [2.05, 4.69) is 5.32 Å². The van der Waals surface area contributed by atoms with E-state index in [1.807, 2.05) is 28.9 Å². The molecule has 0 bridgehead atoms. The number of hydrogen-bond donors (Lipinski definition) is 1. The minimum atomic E-state index is 0.642. The molecule has 0 fully saturated rings. The summed E-state index contributed by atoms with van der Waals surface area (Å²) in [7, 11) is 1.64. The number of methoxy groups -OCH3 is 1. The Kier molecular flexibility index (Phi) is 3.71. The fourth-order valence-corrected chi connectivity index (χ4v) is 4.04. The third-order valence-corrected chi connectivity index (χ3v) is 5.30. The zero-order valence-corrected chi connectivity index (χ0v) is 14.6. The van der Waals surface area contributed by atoms with E-state index >= 15 is 0 Å². The molecule has 3 heterocycles. The first kappa shape index (κ1) is 14.9. The molecule has 0 radical (unpaired) electrons. The van der Waals surface area contributed by atoms with E-state index < -0.39 is 0 Å². The van der Waals surface area contributed by atoms with Gasteiger partial charge in [0.25, 0.3) is 0 Å². The fourth-order valence-electron chi connectivity index (χ4n) is 2.82. The number of thiophene rings is 1. The summed E-state index contributed by atoms with van der Waals surface area (Å²) in [5, 5.41) is 8.85. The first-order valence-corrected chi connectivity index (χ1v) is 8.70. The van der Waals surface area contributed by atoms with Crippen molar-refractivity contribution in [2.45, 2.75) is 6.42 Å². The van der Waals surface area contributed by atoms with E-state index in [9.17, 15) is 0 Å². The molecule has 0 saturated carbocycles. The molecule has 4 rings (SSSR count). The maximum absolute atomic E-state index is 6.17. The fraction of sp³-hybridized carbons (Fsp3) is 0.188. The van der Waals surface area contributed by atoms with Crippen LogP contribution in [-0.4, -0.2) is 23.4 Å². The number of nitrogens with one attached hydrogen (secondary N) is 1. The lowest BCUT2D eigenvalue weighted by Crippen LogP contribution is -2.05. The smallest absolute Gasteiger partial charge is 0.144 e. The van der Waals surface area contributed by atoms with E-state index in [1.54, 1.807) is 13.2 Å². The maximum atomic E-state index is 6.17. The van der Waals surface area contributed by atoms with Crippen LogP contribution in [-0.2, 0) is 6.42 Å². The normalized spacial score (nSPS) is 13.0. The summed E-state index contributed by atoms with van der Waals surface area (Å²) in [4.78, 5) is 1.06. The van der Waals surface area contributed by atoms with Crippen molar-refractivity contribution in [1.82, 2.24) is 9.78 Å². The van der Waals surface area contributed by atoms with E-state index in [-0.39, 0.29) is 0 Å². The summed E-state index contributed by atoms with van der Waals surface area (Å²) in [5.74, 6) is 1.72. The van der Waals surface area contributed by atoms with Crippen molar-refractivity contribution in [3.8, 4) is 22.0 Å². The number of rotatable bonds is 3. The Hall–Kier alpha value is -1.69. The van der Waals surface area contributed by atoms with Gasteiger partial charge in [-0.1, -0.05) is 23.2 Å². The predicted molar refractivity (Wildman–Crippen MR) is 95.6 cm³/mol. The van der Waals surface area contributed by atoms with Crippen molar-refractivity contribution >= 4 is 40.4 Å². The van der Waals surface area contributed by atoms with Crippen molar-refractivity contribution in [2.24, 2.45) is 0 Å². The average Bonchev–Trinajstić information content (AvgIpc) is 3.23. The number of benzene rings is 1. The molecule has 1 N–H and O–H groups in total. The van der Waals surface area contributed by atoms with Crippen LogP contribution >= 0.6 is 34.5 Å². The first-order chi connectivity index (χ1) is 11.2. The molecular formula is C16H13Cl2N3OS. The standard InChI is InChI=1S/C16H13Cl2N3OS/c1-22-12-3-2-9(17)8-11(12)21-16-10(6-7-19-16)15(20-21)13-4-5-14(18)23-13/h2-5,8,19H,6-7H2,1H3. The van der Waals surface area contributed by atoms with Crippen molar-refractivity contribution in [3.63, 3.8) is 0 Å². The highest BCUT2D eigenvalue weighted by Crippen LogP contribution is 2.40. The summed E-state index contributed by atoms with van der Waals surface area (Å²) in [6.45, 7) is 0.891. The van der Waals surface area contributed by atoms with Gasteiger partial charge in [-0.15, -0.1) is 11.3 Å². The summed E-state index contributed by atoms with van der Waals surface area (Å²) >= 11 is 13.8. The van der Waals surface area contributed by atoms with Gasteiger partial charge in [-0.05, 0) is 36.8 Å². The zero-order valence-electron chi connectivity index (χ0n) is 12.3. The van der Waals surface area contributed by atoms with Crippen LogP contribution in [0.25, 0.3) is 16.3 Å². The van der Waals surface area contributed by atoms with E-state index in [1.165, 1.54) is 16.9 Å². The van der Waals surface area contributed by atoms with Crippen LogP contribution in [0.2, 0.25) is 9.36 Å². The third kappa shape index (κ3) is 2.49.